The number of hydrogen-bond acceptors (Lipinski definition) is 6. The summed E-state index contributed by atoms with van der Waals surface area (Å²) in [6.07, 6.45) is 4.71. The van der Waals surface area contributed by atoms with E-state index in [9.17, 15) is 10.1 Å². The lowest BCUT2D eigenvalue weighted by Gasteiger charge is -2.10. The molecule has 4 rings (SSSR count). The topological polar surface area (TPSA) is 85.1 Å². The van der Waals surface area contributed by atoms with Crippen molar-refractivity contribution in [2.75, 3.05) is 0 Å². The van der Waals surface area contributed by atoms with Gasteiger partial charge in [0, 0.05) is 12.4 Å². The minimum absolute atomic E-state index is 0.0975. The van der Waals surface area contributed by atoms with Crippen molar-refractivity contribution >= 4 is 5.97 Å². The molecule has 0 saturated heterocycles. The third-order valence-corrected chi connectivity index (χ3v) is 4.52. The van der Waals surface area contributed by atoms with Crippen molar-refractivity contribution in [3.63, 3.8) is 0 Å². The Bertz CT molecular complexity index is 1230. The zero-order valence-electron chi connectivity index (χ0n) is 16.4. The van der Waals surface area contributed by atoms with Crippen LogP contribution in [-0.2, 0) is 11.3 Å². The van der Waals surface area contributed by atoms with Crippen LogP contribution < -0.4 is 4.74 Å². The number of nitrogens with zero attached hydrogens (tertiary/aromatic N) is 3. The summed E-state index contributed by atoms with van der Waals surface area (Å²) in [7, 11) is 0. The zero-order valence-corrected chi connectivity index (χ0v) is 16.4. The van der Waals surface area contributed by atoms with Crippen molar-refractivity contribution in [3.8, 4) is 28.8 Å². The molecule has 0 saturated carbocycles. The Kier molecular flexibility index (Phi) is 5.96. The molecular weight excluding hydrogens is 390 g/mol. The summed E-state index contributed by atoms with van der Waals surface area (Å²) < 4.78 is 11.1. The van der Waals surface area contributed by atoms with Gasteiger partial charge in [-0.05, 0) is 47.0 Å². The van der Waals surface area contributed by atoms with Crippen LogP contribution in [0.1, 0.15) is 21.5 Å². The van der Waals surface area contributed by atoms with E-state index in [2.05, 4.69) is 16.0 Å². The minimum atomic E-state index is -0.536. The van der Waals surface area contributed by atoms with Gasteiger partial charge in [-0.3, -0.25) is 4.98 Å². The van der Waals surface area contributed by atoms with E-state index in [1.54, 1.807) is 42.7 Å². The fourth-order valence-corrected chi connectivity index (χ4v) is 2.99. The third kappa shape index (κ3) is 4.74. The lowest BCUT2D eigenvalue weighted by molar-refractivity contribution is 0.0469. The molecule has 0 N–H and O–H groups in total. The Balaban J connectivity index is 1.44. The second-order valence-corrected chi connectivity index (χ2v) is 6.58. The molecule has 31 heavy (non-hydrogen) atoms. The Hall–Kier alpha value is -4.50. The average Bonchev–Trinajstić information content (AvgIpc) is 2.84. The van der Waals surface area contributed by atoms with Crippen LogP contribution >= 0.6 is 0 Å². The van der Waals surface area contributed by atoms with Crippen LogP contribution in [0.15, 0.2) is 91.4 Å². The fraction of sp³-hybridized carbons (Fsp3) is 0.0400. The van der Waals surface area contributed by atoms with Gasteiger partial charge in [0.2, 0.25) is 5.88 Å². The summed E-state index contributed by atoms with van der Waals surface area (Å²) in [4.78, 5) is 20.7. The van der Waals surface area contributed by atoms with Crippen LogP contribution in [0.2, 0.25) is 0 Å². The number of rotatable bonds is 6. The Morgan fingerprint density at radius 2 is 1.74 bits per heavy atom. The summed E-state index contributed by atoms with van der Waals surface area (Å²) in [5.41, 5.74) is 3.45. The van der Waals surface area contributed by atoms with Crippen LogP contribution in [0.4, 0.5) is 0 Å². The number of ether oxygens (including phenoxy) is 2. The van der Waals surface area contributed by atoms with Crippen LogP contribution in [0, 0.1) is 11.3 Å². The van der Waals surface area contributed by atoms with E-state index < -0.39 is 5.97 Å². The van der Waals surface area contributed by atoms with Gasteiger partial charge in [-0.1, -0.05) is 42.5 Å². The predicted molar refractivity (Wildman–Crippen MR) is 114 cm³/mol. The maximum atomic E-state index is 12.6. The molecule has 150 valence electrons. The van der Waals surface area contributed by atoms with Crippen molar-refractivity contribution in [3.05, 3.63) is 108 Å². The van der Waals surface area contributed by atoms with E-state index in [0.29, 0.717) is 11.3 Å². The number of nitriles is 1. The highest BCUT2D eigenvalue weighted by Gasteiger charge is 2.16. The average molecular weight is 407 g/mol. The standard InChI is InChI=1S/C25H17N3O3/c26-15-20-5-1-2-7-22(20)19-11-9-18(10-12-19)17-30-25(29)23-8-4-14-28-24(23)31-21-6-3-13-27-16-21/h1-14,16H,17H2. The Labute approximate surface area is 179 Å². The molecule has 0 amide bonds. The molecule has 2 aromatic carbocycles. The van der Waals surface area contributed by atoms with Gasteiger partial charge in [-0.15, -0.1) is 0 Å². The highest BCUT2D eigenvalue weighted by Crippen LogP contribution is 2.25. The number of benzene rings is 2. The predicted octanol–water partition coefficient (Wildman–Crippen LogP) is 5.16. The van der Waals surface area contributed by atoms with E-state index in [4.69, 9.17) is 9.47 Å². The van der Waals surface area contributed by atoms with Crippen molar-refractivity contribution in [1.29, 1.82) is 5.26 Å². The lowest BCUT2D eigenvalue weighted by atomic mass is 9.99. The fourth-order valence-electron chi connectivity index (χ4n) is 2.99. The van der Waals surface area contributed by atoms with E-state index >= 15 is 0 Å². The van der Waals surface area contributed by atoms with Crippen molar-refractivity contribution < 1.29 is 14.3 Å². The lowest BCUT2D eigenvalue weighted by Crippen LogP contribution is -2.08. The molecule has 0 unspecified atom stereocenters. The summed E-state index contributed by atoms with van der Waals surface area (Å²) in [5.74, 6) is 0.0957. The monoisotopic (exact) mass is 407 g/mol. The molecular formula is C25H17N3O3. The Morgan fingerprint density at radius 1 is 0.935 bits per heavy atom. The van der Waals surface area contributed by atoms with Crippen LogP contribution in [0.25, 0.3) is 11.1 Å². The Morgan fingerprint density at radius 3 is 2.52 bits per heavy atom. The normalized spacial score (nSPS) is 10.2. The molecule has 2 heterocycles. The van der Waals surface area contributed by atoms with Crippen LogP contribution in [0.5, 0.6) is 11.6 Å². The first-order valence-corrected chi connectivity index (χ1v) is 9.53. The van der Waals surface area contributed by atoms with E-state index in [-0.39, 0.29) is 18.1 Å². The van der Waals surface area contributed by atoms with Gasteiger partial charge in [0.05, 0.1) is 17.8 Å². The molecule has 0 bridgehead atoms. The first-order valence-electron chi connectivity index (χ1n) is 9.53. The first kappa shape index (κ1) is 19.8. The van der Waals surface area contributed by atoms with Crippen LogP contribution in [-0.4, -0.2) is 15.9 Å². The number of esters is 1. The van der Waals surface area contributed by atoms with Gasteiger partial charge in [0.25, 0.3) is 0 Å². The molecule has 0 aliphatic heterocycles. The SMILES string of the molecule is N#Cc1ccccc1-c1ccc(COC(=O)c2cccnc2Oc2cccnc2)cc1. The molecule has 6 heteroatoms. The molecule has 0 aliphatic carbocycles. The van der Waals surface area contributed by atoms with Gasteiger partial charge in [-0.25, -0.2) is 9.78 Å². The molecule has 6 nitrogen and oxygen atoms in total. The van der Waals surface area contributed by atoms with E-state index in [1.165, 1.54) is 6.20 Å². The molecule has 4 aromatic rings. The molecule has 0 aliphatic rings. The third-order valence-electron chi connectivity index (χ3n) is 4.52. The van der Waals surface area contributed by atoms with Gasteiger partial charge in [-0.2, -0.15) is 5.26 Å². The summed E-state index contributed by atoms with van der Waals surface area (Å²) in [6, 6.07) is 23.9. The summed E-state index contributed by atoms with van der Waals surface area (Å²) >= 11 is 0. The van der Waals surface area contributed by atoms with Gasteiger partial charge >= 0.3 is 5.97 Å². The van der Waals surface area contributed by atoms with Gasteiger partial charge < -0.3 is 9.47 Å². The van der Waals surface area contributed by atoms with Crippen LogP contribution in [0.3, 0.4) is 0 Å². The highest BCUT2D eigenvalue weighted by atomic mass is 16.5. The molecule has 0 radical (unpaired) electrons. The van der Waals surface area contributed by atoms with Crippen molar-refractivity contribution in [2.45, 2.75) is 6.61 Å². The van der Waals surface area contributed by atoms with Crippen molar-refractivity contribution in [1.82, 2.24) is 9.97 Å². The number of aromatic nitrogens is 2. The minimum Gasteiger partial charge on any atom is -0.457 e. The second-order valence-electron chi connectivity index (χ2n) is 6.58. The maximum absolute atomic E-state index is 12.6. The zero-order chi connectivity index (χ0) is 21.5. The summed E-state index contributed by atoms with van der Waals surface area (Å²) in [6.45, 7) is 0.0975. The quantitative estimate of drug-likeness (QED) is 0.410. The molecule has 0 spiro atoms. The van der Waals surface area contributed by atoms with Gasteiger partial charge in [0.15, 0.2) is 0 Å². The van der Waals surface area contributed by atoms with Crippen molar-refractivity contribution in [2.24, 2.45) is 0 Å². The smallest absolute Gasteiger partial charge is 0.344 e. The summed E-state index contributed by atoms with van der Waals surface area (Å²) in [5, 5.41) is 9.28. The van der Waals surface area contributed by atoms with Gasteiger partial charge in [0.1, 0.15) is 17.9 Å². The highest BCUT2D eigenvalue weighted by molar-refractivity contribution is 5.91. The number of pyridine rings is 2. The maximum Gasteiger partial charge on any atom is 0.344 e. The second kappa shape index (κ2) is 9.33. The molecule has 0 atom stereocenters. The number of carbonyl (C=O) groups is 1. The largest absolute Gasteiger partial charge is 0.457 e. The van der Waals surface area contributed by atoms with E-state index in [1.807, 2.05) is 42.5 Å². The number of hydrogen-bond donors (Lipinski definition) is 0. The van der Waals surface area contributed by atoms with E-state index in [0.717, 1.165) is 16.7 Å². The molecule has 2 aromatic heterocycles. The first-order chi connectivity index (χ1) is 15.2. The number of carbonyl (C=O) groups excluding carboxylic acids is 1. The molecule has 0 fully saturated rings.